The lowest BCUT2D eigenvalue weighted by Gasteiger charge is -2.53. The fourth-order valence-electron chi connectivity index (χ4n) is 2.53. The molecule has 0 N–H and O–H groups in total. The van der Waals surface area contributed by atoms with Crippen LogP contribution in [0.4, 0.5) is 4.79 Å². The third-order valence-electron chi connectivity index (χ3n) is 3.24. The van der Waals surface area contributed by atoms with Gasteiger partial charge in [-0.25, -0.2) is 17.5 Å². The minimum atomic E-state index is -4.81. The topological polar surface area (TPSA) is 107 Å². The largest absolute Gasteiger partial charge is 0.731 e. The molecule has 9 heteroatoms. The second-order valence-corrected chi connectivity index (χ2v) is 7.17. The van der Waals surface area contributed by atoms with Gasteiger partial charge in [0.05, 0.1) is 6.04 Å². The quantitative estimate of drug-likeness (QED) is 0.500. The van der Waals surface area contributed by atoms with Gasteiger partial charge < -0.3 is 9.29 Å². The zero-order valence-electron chi connectivity index (χ0n) is 11.5. The van der Waals surface area contributed by atoms with E-state index in [0.29, 0.717) is 23.7 Å². The van der Waals surface area contributed by atoms with Crippen LogP contribution < -0.4 is 0 Å². The van der Waals surface area contributed by atoms with Gasteiger partial charge in [-0.2, -0.15) is 0 Å². The van der Waals surface area contributed by atoms with Gasteiger partial charge in [0.1, 0.15) is 11.6 Å². The zero-order valence-corrected chi connectivity index (χ0v) is 12.3. The highest BCUT2D eigenvalue weighted by atomic mass is 32.2. The molecule has 2 heterocycles. The number of hydrogen-bond acceptors (Lipinski definition) is 6. The Morgan fingerprint density at radius 1 is 1.40 bits per heavy atom. The summed E-state index contributed by atoms with van der Waals surface area (Å²) in [5.41, 5.74) is -0.707. The highest BCUT2D eigenvalue weighted by molar-refractivity contribution is 7.84. The molecule has 0 aromatic carbocycles. The first kappa shape index (κ1) is 15.0. The van der Waals surface area contributed by atoms with E-state index in [2.05, 4.69) is 0 Å². The molecule has 2 aliphatic rings. The lowest BCUT2D eigenvalue weighted by molar-refractivity contribution is -0.152. The third-order valence-corrected chi connectivity index (χ3v) is 4.17. The van der Waals surface area contributed by atoms with Crippen LogP contribution in [-0.4, -0.2) is 58.4 Å². The number of carbonyl (C=O) groups excluding carboxylic acids is 2. The van der Waals surface area contributed by atoms with Crippen molar-refractivity contribution in [2.24, 2.45) is 0 Å². The normalized spacial score (nSPS) is 26.9. The summed E-state index contributed by atoms with van der Waals surface area (Å²) in [6, 6.07) is -1.66. The SMILES string of the molecule is CC(C)(C)OC(=O)N1CCC[C@@H]2[C@H]1C(=O)N2S(=O)(=O)[O-]. The van der Waals surface area contributed by atoms with Crippen molar-refractivity contribution in [3.63, 3.8) is 0 Å². The van der Waals surface area contributed by atoms with Crippen molar-refractivity contribution in [1.82, 2.24) is 9.21 Å². The lowest BCUT2D eigenvalue weighted by atomic mass is 9.89. The smallest absolute Gasteiger partial charge is 0.411 e. The Balaban J connectivity index is 2.16. The van der Waals surface area contributed by atoms with E-state index in [1.165, 1.54) is 4.90 Å². The molecule has 0 aromatic heterocycles. The molecule has 0 aromatic rings. The maximum absolute atomic E-state index is 12.0. The first-order valence-corrected chi connectivity index (χ1v) is 7.67. The average Bonchev–Trinajstić information content (AvgIpc) is 2.22. The summed E-state index contributed by atoms with van der Waals surface area (Å²) in [5, 5.41) is 0. The van der Waals surface area contributed by atoms with Gasteiger partial charge >= 0.3 is 6.09 Å². The van der Waals surface area contributed by atoms with Crippen LogP contribution in [0.1, 0.15) is 33.6 Å². The van der Waals surface area contributed by atoms with E-state index in [-0.39, 0.29) is 0 Å². The number of β-lactam (4-membered cyclic amide) rings is 1. The van der Waals surface area contributed by atoms with Crippen LogP contribution in [0.3, 0.4) is 0 Å². The average molecular weight is 305 g/mol. The molecular formula is C11H17N2O6S-. The molecule has 2 atom stereocenters. The van der Waals surface area contributed by atoms with Gasteiger partial charge in [0.15, 0.2) is 10.3 Å². The van der Waals surface area contributed by atoms with Crippen LogP contribution in [0, 0.1) is 0 Å². The molecule has 0 unspecified atom stereocenters. The van der Waals surface area contributed by atoms with Crippen LogP contribution >= 0.6 is 0 Å². The van der Waals surface area contributed by atoms with E-state index in [1.54, 1.807) is 20.8 Å². The standard InChI is InChI=1S/C11H18N2O6S/c1-11(2,3)19-10(15)12-6-4-5-7-8(12)9(14)13(7)20(16,17)18/h7-8H,4-6H2,1-3H3,(H,16,17,18)/p-1/t7-,8+/m1/s1. The summed E-state index contributed by atoms with van der Waals surface area (Å²) in [7, 11) is -4.81. The van der Waals surface area contributed by atoms with Gasteiger partial charge in [0, 0.05) is 6.54 Å². The molecule has 8 nitrogen and oxygen atoms in total. The first-order valence-electron chi connectivity index (χ1n) is 6.31. The molecule has 0 saturated carbocycles. The number of rotatable bonds is 1. The van der Waals surface area contributed by atoms with Gasteiger partial charge in [-0.1, -0.05) is 0 Å². The van der Waals surface area contributed by atoms with Crippen LogP contribution in [0.5, 0.6) is 0 Å². The number of likely N-dealkylation sites (tertiary alicyclic amines) is 1. The first-order chi connectivity index (χ1) is 9.02. The Morgan fingerprint density at radius 3 is 2.50 bits per heavy atom. The molecule has 20 heavy (non-hydrogen) atoms. The number of ether oxygens (including phenoxy) is 1. The molecule has 2 rings (SSSR count). The van der Waals surface area contributed by atoms with E-state index in [9.17, 15) is 22.6 Å². The molecule has 2 amide bonds. The highest BCUT2D eigenvalue weighted by Crippen LogP contribution is 2.35. The Morgan fingerprint density at radius 2 is 2.00 bits per heavy atom. The molecule has 0 aliphatic carbocycles. The molecule has 2 fully saturated rings. The van der Waals surface area contributed by atoms with Crippen LogP contribution in [0.25, 0.3) is 0 Å². The molecule has 114 valence electrons. The predicted molar refractivity (Wildman–Crippen MR) is 66.3 cm³/mol. The summed E-state index contributed by atoms with van der Waals surface area (Å²) < 4.78 is 38.5. The molecule has 0 spiro atoms. The van der Waals surface area contributed by atoms with Crippen molar-refractivity contribution >= 4 is 22.3 Å². The maximum atomic E-state index is 12.0. The minimum Gasteiger partial charge on any atom is -0.731 e. The van der Waals surface area contributed by atoms with Gasteiger partial charge in [0.25, 0.3) is 5.91 Å². The van der Waals surface area contributed by atoms with Crippen molar-refractivity contribution in [3.05, 3.63) is 0 Å². The van der Waals surface area contributed by atoms with Gasteiger partial charge in [-0.05, 0) is 33.6 Å². The van der Waals surface area contributed by atoms with E-state index in [0.717, 1.165) is 0 Å². The monoisotopic (exact) mass is 305 g/mol. The van der Waals surface area contributed by atoms with Crippen LogP contribution in [0.15, 0.2) is 0 Å². The van der Waals surface area contributed by atoms with Gasteiger partial charge in [0.2, 0.25) is 0 Å². The summed E-state index contributed by atoms with van der Waals surface area (Å²) in [5.74, 6) is -0.851. The van der Waals surface area contributed by atoms with Crippen molar-refractivity contribution in [3.8, 4) is 0 Å². The molecular weight excluding hydrogens is 288 g/mol. The Labute approximate surface area is 117 Å². The Kier molecular flexibility index (Phi) is 3.45. The second kappa shape index (κ2) is 4.59. The zero-order chi connectivity index (χ0) is 15.3. The van der Waals surface area contributed by atoms with E-state index >= 15 is 0 Å². The molecule has 0 bridgehead atoms. The fraction of sp³-hybridized carbons (Fsp3) is 0.818. The van der Waals surface area contributed by atoms with Crippen molar-refractivity contribution in [2.75, 3.05) is 6.54 Å². The van der Waals surface area contributed by atoms with Crippen molar-refractivity contribution in [1.29, 1.82) is 0 Å². The Hall–Kier alpha value is -1.35. The van der Waals surface area contributed by atoms with Crippen molar-refractivity contribution in [2.45, 2.75) is 51.3 Å². The summed E-state index contributed by atoms with van der Waals surface area (Å²) in [6.45, 7) is 5.41. The summed E-state index contributed by atoms with van der Waals surface area (Å²) in [4.78, 5) is 25.0. The minimum absolute atomic E-state index is 0.314. The van der Waals surface area contributed by atoms with E-state index < -0.39 is 40.0 Å². The fourth-order valence-corrected chi connectivity index (χ4v) is 3.41. The summed E-state index contributed by atoms with van der Waals surface area (Å²) >= 11 is 0. The summed E-state index contributed by atoms with van der Waals surface area (Å²) in [6.07, 6.45) is 0.236. The van der Waals surface area contributed by atoms with Crippen molar-refractivity contribution < 1.29 is 27.3 Å². The third kappa shape index (κ3) is 2.59. The number of carbonyl (C=O) groups is 2. The number of amides is 2. The van der Waals surface area contributed by atoms with Crippen LogP contribution in [-0.2, 0) is 19.8 Å². The van der Waals surface area contributed by atoms with Gasteiger partial charge in [-0.15, -0.1) is 0 Å². The van der Waals surface area contributed by atoms with E-state index in [1.807, 2.05) is 0 Å². The second-order valence-electron chi connectivity index (χ2n) is 5.92. The molecule has 2 aliphatic heterocycles. The Bertz CT molecular complexity index is 538. The molecule has 2 saturated heterocycles. The number of nitrogens with zero attached hydrogens (tertiary/aromatic N) is 2. The predicted octanol–water partition coefficient (Wildman–Crippen LogP) is 0.0569. The number of piperidine rings is 1. The number of hydrogen-bond donors (Lipinski definition) is 0. The van der Waals surface area contributed by atoms with Gasteiger partial charge in [-0.3, -0.25) is 9.69 Å². The maximum Gasteiger partial charge on any atom is 0.411 e. The highest BCUT2D eigenvalue weighted by Gasteiger charge is 2.56. The van der Waals surface area contributed by atoms with Crippen LogP contribution in [0.2, 0.25) is 0 Å². The number of fused-ring (bicyclic) bond motifs is 1. The van der Waals surface area contributed by atoms with E-state index in [4.69, 9.17) is 4.74 Å². The lowest BCUT2D eigenvalue weighted by Crippen LogP contribution is -2.74. The molecule has 0 radical (unpaired) electrons.